The van der Waals surface area contributed by atoms with E-state index in [4.69, 9.17) is 0 Å². The Balaban J connectivity index is -0.0000000150. The van der Waals surface area contributed by atoms with Gasteiger partial charge in [0, 0.05) is 32.7 Å². The SMILES string of the molecule is C.C.C[CH-]CC.[Y]. The molecular weight excluding hydrogens is 161 g/mol. The quantitative estimate of drug-likeness (QED) is 0.541. The summed E-state index contributed by atoms with van der Waals surface area (Å²) in [6, 6.07) is 0. The van der Waals surface area contributed by atoms with Crippen LogP contribution in [0.25, 0.3) is 0 Å². The summed E-state index contributed by atoms with van der Waals surface area (Å²) in [7, 11) is 0. The first-order chi connectivity index (χ1) is 1.91. The maximum absolute atomic E-state index is 2.12. The van der Waals surface area contributed by atoms with Gasteiger partial charge < -0.3 is 6.42 Å². The Morgan fingerprint density at radius 1 is 1.29 bits per heavy atom. The van der Waals surface area contributed by atoms with Gasteiger partial charge in [-0.1, -0.05) is 21.8 Å². The van der Waals surface area contributed by atoms with E-state index < -0.39 is 0 Å². The molecule has 0 aliphatic rings. The van der Waals surface area contributed by atoms with E-state index in [1.54, 1.807) is 0 Å². The van der Waals surface area contributed by atoms with Crippen LogP contribution in [0, 0.1) is 6.42 Å². The van der Waals surface area contributed by atoms with Crippen LogP contribution in [-0.4, -0.2) is 0 Å². The first-order valence-corrected chi connectivity index (χ1v) is 1.69. The largest absolute Gasteiger partial charge is 0.332 e. The zero-order valence-corrected chi connectivity index (χ0v) is 6.70. The molecule has 0 bridgehead atoms. The zero-order valence-electron chi connectivity index (χ0n) is 3.86. The van der Waals surface area contributed by atoms with Crippen molar-refractivity contribution in [2.75, 3.05) is 0 Å². The molecule has 0 aromatic rings. The van der Waals surface area contributed by atoms with Crippen LogP contribution in [-0.2, 0) is 32.7 Å². The minimum atomic E-state index is 0. The molecule has 0 fully saturated rings. The normalized spacial score (nSPS) is 4.29. The van der Waals surface area contributed by atoms with E-state index in [1.165, 1.54) is 6.42 Å². The van der Waals surface area contributed by atoms with Crippen LogP contribution in [0.2, 0.25) is 0 Å². The van der Waals surface area contributed by atoms with Crippen molar-refractivity contribution in [2.45, 2.75) is 35.1 Å². The van der Waals surface area contributed by atoms with E-state index >= 15 is 0 Å². The third-order valence-electron chi connectivity index (χ3n) is 0.408. The molecule has 0 aliphatic heterocycles. The third-order valence-corrected chi connectivity index (χ3v) is 0.408. The molecule has 7 heavy (non-hydrogen) atoms. The Hall–Kier alpha value is 1.10. The molecule has 0 nitrogen and oxygen atoms in total. The summed E-state index contributed by atoms with van der Waals surface area (Å²) in [4.78, 5) is 0. The maximum Gasteiger partial charge on any atom is 0 e. The Labute approximate surface area is 74.0 Å². The predicted molar refractivity (Wildman–Crippen MR) is 33.7 cm³/mol. The molecule has 0 spiro atoms. The van der Waals surface area contributed by atoms with Crippen molar-refractivity contribution < 1.29 is 32.7 Å². The van der Waals surface area contributed by atoms with E-state index in [9.17, 15) is 0 Å². The molecule has 0 unspecified atom stereocenters. The summed E-state index contributed by atoms with van der Waals surface area (Å²) in [5.74, 6) is 0. The van der Waals surface area contributed by atoms with Crippen molar-refractivity contribution in [3.8, 4) is 0 Å². The van der Waals surface area contributed by atoms with Gasteiger partial charge in [0.05, 0.1) is 0 Å². The minimum Gasteiger partial charge on any atom is -0.332 e. The fourth-order valence-corrected chi connectivity index (χ4v) is 0. The second kappa shape index (κ2) is 27.5. The van der Waals surface area contributed by atoms with E-state index in [0.29, 0.717) is 0 Å². The third kappa shape index (κ3) is 41.8. The first-order valence-electron chi connectivity index (χ1n) is 1.69. The molecule has 1 heteroatoms. The van der Waals surface area contributed by atoms with Crippen LogP contribution >= 0.6 is 0 Å². The van der Waals surface area contributed by atoms with Crippen LogP contribution in [0.1, 0.15) is 35.1 Å². The number of hydrogen-bond acceptors (Lipinski definition) is 0. The van der Waals surface area contributed by atoms with Gasteiger partial charge in [-0.25, -0.2) is 0 Å². The zero-order chi connectivity index (χ0) is 3.41. The molecular formula is C6H17Y-. The van der Waals surface area contributed by atoms with Gasteiger partial charge in [0.25, 0.3) is 0 Å². The monoisotopic (exact) mass is 178 g/mol. The average Bonchev–Trinajstić information content (AvgIpc) is 1.37. The van der Waals surface area contributed by atoms with Crippen molar-refractivity contribution in [3.05, 3.63) is 6.42 Å². The van der Waals surface area contributed by atoms with E-state index in [0.717, 1.165) is 0 Å². The molecule has 0 saturated heterocycles. The van der Waals surface area contributed by atoms with Crippen molar-refractivity contribution in [2.24, 2.45) is 0 Å². The summed E-state index contributed by atoms with van der Waals surface area (Å²) >= 11 is 0. The molecule has 0 amide bonds. The van der Waals surface area contributed by atoms with Gasteiger partial charge in [0.1, 0.15) is 0 Å². The topological polar surface area (TPSA) is 0 Å². The van der Waals surface area contributed by atoms with Gasteiger partial charge >= 0.3 is 0 Å². The first kappa shape index (κ1) is 24.3. The van der Waals surface area contributed by atoms with Gasteiger partial charge in [-0.3, -0.25) is 0 Å². The van der Waals surface area contributed by atoms with Gasteiger partial charge in [-0.05, 0) is 0 Å². The fourth-order valence-electron chi connectivity index (χ4n) is 0. The van der Waals surface area contributed by atoms with E-state index in [1.807, 2.05) is 0 Å². The number of hydrogen-bond donors (Lipinski definition) is 0. The average molecular weight is 178 g/mol. The minimum absolute atomic E-state index is 0. The second-order valence-corrected chi connectivity index (χ2v) is 0.816. The smallest absolute Gasteiger partial charge is 0 e. The van der Waals surface area contributed by atoms with E-state index in [-0.39, 0.29) is 47.6 Å². The molecule has 0 aliphatic carbocycles. The summed E-state index contributed by atoms with van der Waals surface area (Å²) in [5.41, 5.74) is 0. The van der Waals surface area contributed by atoms with Crippen LogP contribution in [0.15, 0.2) is 0 Å². The Kier molecular flexibility index (Phi) is 95.3. The molecule has 1 radical (unpaired) electrons. The van der Waals surface area contributed by atoms with Crippen molar-refractivity contribution in [3.63, 3.8) is 0 Å². The summed E-state index contributed by atoms with van der Waals surface area (Å²) in [6.07, 6.45) is 3.32. The summed E-state index contributed by atoms with van der Waals surface area (Å²) < 4.78 is 0. The van der Waals surface area contributed by atoms with Crippen LogP contribution in [0.3, 0.4) is 0 Å². The molecule has 45 valence electrons. The molecule has 0 rings (SSSR count). The molecule has 0 N–H and O–H groups in total. The number of rotatable bonds is 1. The van der Waals surface area contributed by atoms with Crippen molar-refractivity contribution >= 4 is 0 Å². The van der Waals surface area contributed by atoms with Gasteiger partial charge in [-0.2, -0.15) is 13.3 Å². The molecule has 0 aromatic heterocycles. The van der Waals surface area contributed by atoms with E-state index in [2.05, 4.69) is 20.3 Å². The van der Waals surface area contributed by atoms with Crippen LogP contribution in [0.4, 0.5) is 0 Å². The Morgan fingerprint density at radius 3 is 1.43 bits per heavy atom. The van der Waals surface area contributed by atoms with Crippen LogP contribution < -0.4 is 0 Å². The van der Waals surface area contributed by atoms with Crippen molar-refractivity contribution in [1.82, 2.24) is 0 Å². The maximum atomic E-state index is 2.12. The van der Waals surface area contributed by atoms with Gasteiger partial charge in [0.2, 0.25) is 0 Å². The molecule has 0 heterocycles. The fraction of sp³-hybridized carbons (Fsp3) is 0.833. The van der Waals surface area contributed by atoms with Gasteiger partial charge in [-0.15, -0.1) is 0 Å². The Bertz CT molecular complexity index is 6.14. The Morgan fingerprint density at radius 2 is 1.43 bits per heavy atom. The molecule has 0 saturated carbocycles. The summed E-state index contributed by atoms with van der Waals surface area (Å²) in [6.45, 7) is 4.18. The van der Waals surface area contributed by atoms with Gasteiger partial charge in [0.15, 0.2) is 0 Å². The summed E-state index contributed by atoms with van der Waals surface area (Å²) in [5, 5.41) is 0. The van der Waals surface area contributed by atoms with Crippen molar-refractivity contribution in [1.29, 1.82) is 0 Å². The standard InChI is InChI=1S/C4H9.2CH4.Y/c1-3-4-2;;;/h3H,4H2,1-2H3;2*1H4;/q-1;;;. The van der Waals surface area contributed by atoms with Crippen LogP contribution in [0.5, 0.6) is 0 Å². The second-order valence-electron chi connectivity index (χ2n) is 0.816. The predicted octanol–water partition coefficient (Wildman–Crippen LogP) is 2.89. The molecule has 0 aromatic carbocycles. The number of unbranched alkanes of at least 4 members (excludes halogenated alkanes) is 1. The molecule has 0 atom stereocenters.